The van der Waals surface area contributed by atoms with Gasteiger partial charge in [-0.1, -0.05) is 36.4 Å². The van der Waals surface area contributed by atoms with Crippen LogP contribution in [0.3, 0.4) is 0 Å². The first kappa shape index (κ1) is 27.1. The molecule has 2 fully saturated rings. The highest BCUT2D eigenvalue weighted by molar-refractivity contribution is 5.70. The Morgan fingerprint density at radius 2 is 1.85 bits per heavy atom. The molecule has 0 bridgehead atoms. The Morgan fingerprint density at radius 1 is 1.08 bits per heavy atom. The zero-order valence-corrected chi connectivity index (χ0v) is 22.2. The number of hydrogen-bond acceptors (Lipinski definition) is 5. The van der Waals surface area contributed by atoms with E-state index in [9.17, 15) is 18.0 Å². The van der Waals surface area contributed by atoms with Crippen LogP contribution >= 0.6 is 0 Å². The Labute approximate surface area is 225 Å². The molecule has 0 aliphatic carbocycles. The molecule has 3 aromatic rings. The van der Waals surface area contributed by atoms with E-state index in [1.165, 1.54) is 18.4 Å². The second-order valence-electron chi connectivity index (χ2n) is 11.2. The zero-order chi connectivity index (χ0) is 27.8. The van der Waals surface area contributed by atoms with E-state index in [0.29, 0.717) is 31.4 Å². The Balaban J connectivity index is 1.53. The quantitative estimate of drug-likeness (QED) is 0.335. The van der Waals surface area contributed by atoms with Crippen LogP contribution in [-0.4, -0.2) is 41.7 Å². The molecule has 1 aromatic heterocycles. The summed E-state index contributed by atoms with van der Waals surface area (Å²) in [6.45, 7) is 6.29. The van der Waals surface area contributed by atoms with E-state index in [0.717, 1.165) is 16.7 Å². The number of rotatable bonds is 4. The van der Waals surface area contributed by atoms with E-state index in [2.05, 4.69) is 4.74 Å². The number of amides is 1. The molecule has 39 heavy (non-hydrogen) atoms. The van der Waals surface area contributed by atoms with Crippen LogP contribution in [0.1, 0.15) is 63.1 Å². The van der Waals surface area contributed by atoms with Crippen LogP contribution in [0.15, 0.2) is 71.5 Å². The molecule has 2 saturated heterocycles. The first-order chi connectivity index (χ1) is 18.4. The van der Waals surface area contributed by atoms with Gasteiger partial charge in [0.05, 0.1) is 30.8 Å². The van der Waals surface area contributed by atoms with E-state index in [1.807, 2.05) is 51.1 Å². The molecule has 0 unspecified atom stereocenters. The number of hydrogen-bond donors (Lipinski definition) is 0. The molecule has 3 atom stereocenters. The fourth-order valence-electron chi connectivity index (χ4n) is 5.86. The SMILES string of the molecule is CC(C)(C)OC(=O)N1CCC[C@@]2(C[C@H](c3cc(OC(F)(F)F)ccc3-c3ccoc3)CO2)[C@@H]1c1ccccc1. The van der Waals surface area contributed by atoms with Crippen molar-refractivity contribution in [3.8, 4) is 16.9 Å². The van der Waals surface area contributed by atoms with Crippen molar-refractivity contribution in [2.24, 2.45) is 0 Å². The highest BCUT2D eigenvalue weighted by Crippen LogP contribution is 2.53. The third-order valence-corrected chi connectivity index (χ3v) is 7.24. The summed E-state index contributed by atoms with van der Waals surface area (Å²) < 4.78 is 61.1. The Hall–Kier alpha value is -3.46. The number of nitrogens with zero attached hydrogens (tertiary/aromatic N) is 1. The molecule has 0 radical (unpaired) electrons. The second-order valence-corrected chi connectivity index (χ2v) is 11.2. The standard InChI is InChI=1S/C30H32F3NO5/c1-28(2,3)39-27(35)34-14-7-13-29(26(34)20-8-5-4-6-9-20)17-22(19-37-29)25-16-23(38-30(31,32)33)10-11-24(25)21-12-15-36-18-21/h4-6,8-12,15-16,18,22,26H,7,13-14,17,19H2,1-3H3/t22-,26-,29+/m0/s1. The molecule has 2 aromatic carbocycles. The number of piperidine rings is 1. The van der Waals surface area contributed by atoms with E-state index in [-0.39, 0.29) is 18.3 Å². The number of benzene rings is 2. The summed E-state index contributed by atoms with van der Waals surface area (Å²) in [7, 11) is 0. The lowest BCUT2D eigenvalue weighted by Crippen LogP contribution is -2.53. The van der Waals surface area contributed by atoms with Crippen LogP contribution < -0.4 is 4.74 Å². The molecular formula is C30H32F3NO5. The Morgan fingerprint density at radius 3 is 2.51 bits per heavy atom. The first-order valence-electron chi connectivity index (χ1n) is 13.0. The smallest absolute Gasteiger partial charge is 0.472 e. The monoisotopic (exact) mass is 543 g/mol. The Kier molecular flexibility index (Phi) is 7.13. The summed E-state index contributed by atoms with van der Waals surface area (Å²) in [5.74, 6) is -0.527. The largest absolute Gasteiger partial charge is 0.573 e. The lowest BCUT2D eigenvalue weighted by Gasteiger charge is -2.47. The fourth-order valence-corrected chi connectivity index (χ4v) is 5.86. The van der Waals surface area contributed by atoms with Gasteiger partial charge in [0.15, 0.2) is 0 Å². The average Bonchev–Trinajstić information content (AvgIpc) is 3.53. The number of alkyl halides is 3. The lowest BCUT2D eigenvalue weighted by molar-refractivity contribution is -0.274. The van der Waals surface area contributed by atoms with E-state index in [1.54, 1.807) is 23.3 Å². The van der Waals surface area contributed by atoms with Crippen LogP contribution in [-0.2, 0) is 9.47 Å². The molecule has 6 nitrogen and oxygen atoms in total. The summed E-state index contributed by atoms with van der Waals surface area (Å²) >= 11 is 0. The maximum absolute atomic E-state index is 13.4. The van der Waals surface area contributed by atoms with Crippen molar-refractivity contribution in [2.75, 3.05) is 13.2 Å². The summed E-state index contributed by atoms with van der Waals surface area (Å²) in [6.07, 6.45) is -0.224. The van der Waals surface area contributed by atoms with Crippen LogP contribution in [0, 0.1) is 0 Å². The van der Waals surface area contributed by atoms with Gasteiger partial charge in [0, 0.05) is 18.0 Å². The summed E-state index contributed by atoms with van der Waals surface area (Å²) in [6, 6.07) is 15.4. The van der Waals surface area contributed by atoms with Crippen molar-refractivity contribution >= 4 is 6.09 Å². The van der Waals surface area contributed by atoms with Gasteiger partial charge in [-0.2, -0.15) is 0 Å². The fraction of sp³-hybridized carbons (Fsp3) is 0.433. The third kappa shape index (κ3) is 5.93. The molecule has 9 heteroatoms. The second kappa shape index (κ2) is 10.3. The van der Waals surface area contributed by atoms with Gasteiger partial charge in [0.25, 0.3) is 0 Å². The minimum absolute atomic E-state index is 0.239. The predicted octanol–water partition coefficient (Wildman–Crippen LogP) is 7.86. The van der Waals surface area contributed by atoms with Gasteiger partial charge in [-0.25, -0.2) is 4.79 Å². The van der Waals surface area contributed by atoms with Gasteiger partial charge in [0.1, 0.15) is 11.4 Å². The maximum Gasteiger partial charge on any atom is 0.573 e. The number of carbonyl (C=O) groups is 1. The van der Waals surface area contributed by atoms with E-state index < -0.39 is 29.7 Å². The van der Waals surface area contributed by atoms with Crippen LogP contribution in [0.2, 0.25) is 0 Å². The molecule has 0 saturated carbocycles. The molecule has 1 amide bonds. The molecule has 2 aliphatic heterocycles. The average molecular weight is 544 g/mol. The van der Waals surface area contributed by atoms with Gasteiger partial charge in [-0.3, -0.25) is 4.90 Å². The number of furan rings is 1. The summed E-state index contributed by atoms with van der Waals surface area (Å²) in [5.41, 5.74) is 1.70. The number of likely N-dealkylation sites (tertiary alicyclic amines) is 1. The lowest BCUT2D eigenvalue weighted by atomic mass is 9.75. The van der Waals surface area contributed by atoms with E-state index in [4.69, 9.17) is 13.9 Å². The minimum atomic E-state index is -4.81. The molecule has 1 spiro atoms. The van der Waals surface area contributed by atoms with Crippen LogP contribution in [0.5, 0.6) is 5.75 Å². The van der Waals surface area contributed by atoms with Crippen LogP contribution in [0.25, 0.3) is 11.1 Å². The Bertz CT molecular complexity index is 1290. The highest BCUT2D eigenvalue weighted by atomic mass is 19.4. The van der Waals surface area contributed by atoms with Crippen LogP contribution in [0.4, 0.5) is 18.0 Å². The van der Waals surface area contributed by atoms with Crippen molar-refractivity contribution in [3.05, 3.63) is 78.3 Å². The number of halogens is 3. The number of ether oxygens (including phenoxy) is 3. The summed E-state index contributed by atoms with van der Waals surface area (Å²) in [4.78, 5) is 15.1. The van der Waals surface area contributed by atoms with Crippen molar-refractivity contribution < 1.29 is 36.6 Å². The van der Waals surface area contributed by atoms with Gasteiger partial charge in [-0.05, 0) is 74.9 Å². The predicted molar refractivity (Wildman–Crippen MR) is 138 cm³/mol. The third-order valence-electron chi connectivity index (χ3n) is 7.24. The van der Waals surface area contributed by atoms with Gasteiger partial charge < -0.3 is 18.6 Å². The van der Waals surface area contributed by atoms with Gasteiger partial charge >= 0.3 is 12.5 Å². The minimum Gasteiger partial charge on any atom is -0.472 e. The van der Waals surface area contributed by atoms with E-state index >= 15 is 0 Å². The highest BCUT2D eigenvalue weighted by Gasteiger charge is 2.53. The maximum atomic E-state index is 13.4. The zero-order valence-electron chi connectivity index (χ0n) is 22.2. The van der Waals surface area contributed by atoms with Crippen molar-refractivity contribution in [3.63, 3.8) is 0 Å². The van der Waals surface area contributed by atoms with Gasteiger partial charge in [-0.15, -0.1) is 13.2 Å². The molecule has 5 rings (SSSR count). The molecule has 0 N–H and O–H groups in total. The van der Waals surface area contributed by atoms with Gasteiger partial charge in [0.2, 0.25) is 0 Å². The topological polar surface area (TPSA) is 61.1 Å². The first-order valence-corrected chi connectivity index (χ1v) is 13.0. The number of carbonyl (C=O) groups excluding carboxylic acids is 1. The molecule has 3 heterocycles. The summed E-state index contributed by atoms with van der Waals surface area (Å²) in [5, 5.41) is 0. The molecule has 2 aliphatic rings. The van der Waals surface area contributed by atoms with Crippen molar-refractivity contribution in [2.45, 2.75) is 69.6 Å². The van der Waals surface area contributed by atoms with Crippen molar-refractivity contribution in [1.82, 2.24) is 4.90 Å². The normalized spacial score (nSPS) is 23.7. The molecular weight excluding hydrogens is 511 g/mol. The van der Waals surface area contributed by atoms with Crippen molar-refractivity contribution in [1.29, 1.82) is 0 Å². The molecule has 208 valence electrons.